The summed E-state index contributed by atoms with van der Waals surface area (Å²) in [6.07, 6.45) is -0.476. The van der Waals surface area contributed by atoms with E-state index in [-0.39, 0.29) is 22.4 Å². The van der Waals surface area contributed by atoms with E-state index < -0.39 is 33.6 Å². The number of halogens is 3. The average Bonchev–Trinajstić information content (AvgIpc) is 2.65. The molecule has 1 atom stereocenters. The van der Waals surface area contributed by atoms with Gasteiger partial charge in [0.25, 0.3) is 0 Å². The number of anilines is 2. The highest BCUT2D eigenvalue weighted by atomic mass is 79.9. The Morgan fingerprint density at radius 2 is 2.05 bits per heavy atom. The van der Waals surface area contributed by atoms with Gasteiger partial charge in [0, 0.05) is 19.0 Å². The fourth-order valence-electron chi connectivity index (χ4n) is 1.88. The Hall–Kier alpha value is -1.22. The van der Waals surface area contributed by atoms with Crippen LogP contribution in [0.15, 0.2) is 16.6 Å². The summed E-state index contributed by atoms with van der Waals surface area (Å²) in [5.74, 6) is -1.26. The molecule has 1 aromatic rings. The number of carbonyl (C=O) groups excluding carboxylic acids is 1. The van der Waals surface area contributed by atoms with E-state index in [0.29, 0.717) is 0 Å². The van der Waals surface area contributed by atoms with Gasteiger partial charge in [-0.15, -0.1) is 3.89 Å². The van der Waals surface area contributed by atoms with Crippen molar-refractivity contribution in [1.82, 2.24) is 0 Å². The Labute approximate surface area is 116 Å². The molecule has 1 aliphatic heterocycles. The average molecular weight is 355 g/mol. The van der Waals surface area contributed by atoms with Crippen LogP contribution in [0.2, 0.25) is 0 Å². The van der Waals surface area contributed by atoms with Crippen molar-refractivity contribution < 1.29 is 21.5 Å². The Kier molecular flexibility index (Phi) is 3.52. The smallest absolute Gasteiger partial charge is 0.307 e. The van der Waals surface area contributed by atoms with Crippen molar-refractivity contribution in [2.75, 3.05) is 17.2 Å². The first-order chi connectivity index (χ1) is 8.70. The highest BCUT2D eigenvalue weighted by Crippen LogP contribution is 2.33. The molecule has 2 rings (SSSR count). The molecule has 19 heavy (non-hydrogen) atoms. The lowest BCUT2D eigenvalue weighted by molar-refractivity contribution is -0.117. The Bertz CT molecular complexity index is 650. The molecule has 0 bridgehead atoms. The molecule has 0 aliphatic carbocycles. The van der Waals surface area contributed by atoms with E-state index in [2.05, 4.69) is 15.9 Å². The van der Waals surface area contributed by atoms with Crippen molar-refractivity contribution in [1.29, 1.82) is 0 Å². The van der Waals surface area contributed by atoms with Crippen molar-refractivity contribution in [2.45, 2.75) is 11.7 Å². The topological polar surface area (TPSA) is 80.5 Å². The second-order valence-corrected chi connectivity index (χ2v) is 6.60. The van der Waals surface area contributed by atoms with E-state index in [1.54, 1.807) is 0 Å². The van der Waals surface area contributed by atoms with E-state index in [1.165, 1.54) is 6.07 Å². The van der Waals surface area contributed by atoms with Gasteiger partial charge >= 0.3 is 10.2 Å². The van der Waals surface area contributed by atoms with Crippen LogP contribution >= 0.6 is 15.9 Å². The van der Waals surface area contributed by atoms with Crippen LogP contribution in [0.25, 0.3) is 0 Å². The molecule has 104 valence electrons. The summed E-state index contributed by atoms with van der Waals surface area (Å²) in [6, 6.07) is 2.26. The first kappa shape index (κ1) is 14.2. The Morgan fingerprint density at radius 3 is 2.58 bits per heavy atom. The van der Waals surface area contributed by atoms with Gasteiger partial charge in [-0.25, -0.2) is 4.39 Å². The van der Waals surface area contributed by atoms with Gasteiger partial charge in [0.05, 0.1) is 15.8 Å². The van der Waals surface area contributed by atoms with Crippen molar-refractivity contribution in [3.63, 3.8) is 0 Å². The van der Waals surface area contributed by atoms with Crippen molar-refractivity contribution in [3.8, 4) is 0 Å². The summed E-state index contributed by atoms with van der Waals surface area (Å²) in [4.78, 5) is 12.7. The van der Waals surface area contributed by atoms with Gasteiger partial charge in [-0.2, -0.15) is 8.42 Å². The SMILES string of the molecule is Nc1cc(Br)c(F)cc1N1CC(S(=O)(=O)F)CC1=O. The molecule has 0 aromatic heterocycles. The number of nitrogens with two attached hydrogens (primary N) is 1. The van der Waals surface area contributed by atoms with Crippen molar-refractivity contribution >= 4 is 43.4 Å². The molecule has 0 saturated carbocycles. The number of nitrogen functional groups attached to an aromatic ring is 1. The maximum atomic E-state index is 13.4. The normalized spacial score (nSPS) is 20.1. The molecule has 1 aliphatic rings. The summed E-state index contributed by atoms with van der Waals surface area (Å²) >= 11 is 2.93. The fraction of sp³-hybridized carbons (Fsp3) is 0.300. The molecule has 1 heterocycles. The van der Waals surface area contributed by atoms with Gasteiger partial charge in [0.1, 0.15) is 11.1 Å². The summed E-state index contributed by atoms with van der Waals surface area (Å²) in [7, 11) is -4.81. The number of hydrogen-bond donors (Lipinski definition) is 1. The number of carbonyl (C=O) groups is 1. The third kappa shape index (κ3) is 2.71. The Morgan fingerprint density at radius 1 is 1.42 bits per heavy atom. The zero-order chi connectivity index (χ0) is 14.4. The molecule has 1 fully saturated rings. The van der Waals surface area contributed by atoms with Crippen LogP contribution in [0.3, 0.4) is 0 Å². The number of rotatable bonds is 2. The molecule has 2 N–H and O–H groups in total. The second-order valence-electron chi connectivity index (χ2n) is 4.13. The van der Waals surface area contributed by atoms with Gasteiger partial charge in [0.15, 0.2) is 0 Å². The van der Waals surface area contributed by atoms with Gasteiger partial charge < -0.3 is 10.6 Å². The molecular weight excluding hydrogens is 346 g/mol. The minimum absolute atomic E-state index is 0.0388. The largest absolute Gasteiger partial charge is 0.397 e. The summed E-state index contributed by atoms with van der Waals surface area (Å²) < 4.78 is 48.0. The lowest BCUT2D eigenvalue weighted by atomic mass is 10.2. The maximum Gasteiger partial charge on any atom is 0.307 e. The van der Waals surface area contributed by atoms with Gasteiger partial charge in [-0.3, -0.25) is 4.79 Å². The Balaban J connectivity index is 2.39. The van der Waals surface area contributed by atoms with Crippen LogP contribution in [0, 0.1) is 5.82 Å². The number of hydrogen-bond acceptors (Lipinski definition) is 4. The van der Waals surface area contributed by atoms with Crippen molar-refractivity contribution in [3.05, 3.63) is 22.4 Å². The molecular formula is C10H9BrF2N2O3S. The minimum Gasteiger partial charge on any atom is -0.397 e. The third-order valence-corrected chi connectivity index (χ3v) is 4.57. The van der Waals surface area contributed by atoms with Crippen LogP contribution in [0.1, 0.15) is 6.42 Å². The zero-order valence-corrected chi connectivity index (χ0v) is 11.8. The molecule has 9 heteroatoms. The predicted octanol–water partition coefficient (Wildman–Crippen LogP) is 1.57. The number of nitrogens with zero attached hydrogens (tertiary/aromatic N) is 1. The van der Waals surface area contributed by atoms with Crippen LogP contribution in [-0.4, -0.2) is 26.1 Å². The van der Waals surface area contributed by atoms with E-state index in [9.17, 15) is 21.5 Å². The van der Waals surface area contributed by atoms with Crippen LogP contribution in [-0.2, 0) is 15.0 Å². The van der Waals surface area contributed by atoms with E-state index >= 15 is 0 Å². The molecule has 0 spiro atoms. The van der Waals surface area contributed by atoms with Gasteiger partial charge in [-0.05, 0) is 22.0 Å². The maximum absolute atomic E-state index is 13.4. The molecule has 0 radical (unpaired) electrons. The van der Waals surface area contributed by atoms with Gasteiger partial charge in [0.2, 0.25) is 5.91 Å². The van der Waals surface area contributed by atoms with E-state index in [4.69, 9.17) is 5.73 Å². The summed E-state index contributed by atoms with van der Waals surface area (Å²) in [6.45, 7) is -0.372. The molecule has 5 nitrogen and oxygen atoms in total. The molecule has 1 aromatic carbocycles. The summed E-state index contributed by atoms with van der Waals surface area (Å²) in [5, 5.41) is -1.44. The van der Waals surface area contributed by atoms with E-state index in [1.807, 2.05) is 0 Å². The standard InChI is InChI=1S/C10H9BrF2N2O3S/c11-6-2-8(14)9(3-7(6)12)15-4-5(1-10(15)16)19(13,17)18/h2-3,5H,1,4,14H2. The highest BCUT2D eigenvalue weighted by Gasteiger charge is 2.39. The fourth-order valence-corrected chi connectivity index (χ4v) is 2.91. The first-order valence-electron chi connectivity index (χ1n) is 5.18. The monoisotopic (exact) mass is 354 g/mol. The third-order valence-electron chi connectivity index (χ3n) is 2.85. The van der Waals surface area contributed by atoms with Gasteiger partial charge in [-0.1, -0.05) is 0 Å². The molecule has 1 unspecified atom stereocenters. The number of amides is 1. The first-order valence-corrected chi connectivity index (χ1v) is 7.42. The lowest BCUT2D eigenvalue weighted by Crippen LogP contribution is -2.27. The predicted molar refractivity (Wildman–Crippen MR) is 69.3 cm³/mol. The second kappa shape index (κ2) is 4.71. The van der Waals surface area contributed by atoms with Crippen molar-refractivity contribution in [2.24, 2.45) is 0 Å². The zero-order valence-electron chi connectivity index (χ0n) is 9.44. The highest BCUT2D eigenvalue weighted by molar-refractivity contribution is 9.10. The summed E-state index contributed by atoms with van der Waals surface area (Å²) in [5.41, 5.74) is 5.79. The number of benzene rings is 1. The van der Waals surface area contributed by atoms with Crippen LogP contribution < -0.4 is 10.6 Å². The van der Waals surface area contributed by atoms with Crippen LogP contribution in [0.5, 0.6) is 0 Å². The minimum atomic E-state index is -4.81. The molecule has 1 saturated heterocycles. The van der Waals surface area contributed by atoms with Crippen LogP contribution in [0.4, 0.5) is 19.7 Å². The molecule has 1 amide bonds. The lowest BCUT2D eigenvalue weighted by Gasteiger charge is -2.18. The quantitative estimate of drug-likeness (QED) is 0.645. The van der Waals surface area contributed by atoms with E-state index in [0.717, 1.165) is 11.0 Å².